The highest BCUT2D eigenvalue weighted by atomic mass is 19.1. The average molecular weight is 463 g/mol. The zero-order chi connectivity index (χ0) is 24.5. The SMILES string of the molecule is COc1ccc(C(=O)/C=C\Cc2ccccc2/C=C\c2cc(OC)c(OC)c(OC)c2)cc1F. The Bertz CT molecular complexity index is 1190. The van der Waals surface area contributed by atoms with E-state index >= 15 is 0 Å². The van der Waals surface area contributed by atoms with Crippen molar-refractivity contribution in [3.63, 3.8) is 0 Å². The average Bonchev–Trinajstić information content (AvgIpc) is 2.87. The van der Waals surface area contributed by atoms with Crippen molar-refractivity contribution >= 4 is 17.9 Å². The number of rotatable bonds is 10. The first-order valence-corrected chi connectivity index (χ1v) is 10.6. The van der Waals surface area contributed by atoms with Gasteiger partial charge in [0, 0.05) is 5.56 Å². The molecule has 0 saturated carbocycles. The van der Waals surface area contributed by atoms with Crippen LogP contribution in [0.2, 0.25) is 0 Å². The lowest BCUT2D eigenvalue weighted by Gasteiger charge is -2.13. The lowest BCUT2D eigenvalue weighted by Crippen LogP contribution is -1.97. The fourth-order valence-electron chi connectivity index (χ4n) is 3.48. The molecule has 0 N–H and O–H groups in total. The number of benzene rings is 3. The smallest absolute Gasteiger partial charge is 0.203 e. The zero-order valence-corrected chi connectivity index (χ0v) is 19.6. The maximum Gasteiger partial charge on any atom is 0.203 e. The fraction of sp³-hybridized carbons (Fsp3) is 0.179. The third kappa shape index (κ3) is 5.84. The molecule has 176 valence electrons. The summed E-state index contributed by atoms with van der Waals surface area (Å²) in [6.45, 7) is 0. The van der Waals surface area contributed by atoms with E-state index < -0.39 is 5.82 Å². The van der Waals surface area contributed by atoms with Crippen LogP contribution in [0.3, 0.4) is 0 Å². The highest BCUT2D eigenvalue weighted by molar-refractivity contribution is 6.04. The summed E-state index contributed by atoms with van der Waals surface area (Å²) in [5.41, 5.74) is 3.20. The van der Waals surface area contributed by atoms with Gasteiger partial charge in [0.05, 0.1) is 28.4 Å². The van der Waals surface area contributed by atoms with Crippen LogP contribution < -0.4 is 18.9 Å². The van der Waals surface area contributed by atoms with Gasteiger partial charge in [-0.25, -0.2) is 4.39 Å². The van der Waals surface area contributed by atoms with Crippen molar-refractivity contribution in [2.24, 2.45) is 0 Å². The van der Waals surface area contributed by atoms with Gasteiger partial charge in [-0.1, -0.05) is 42.5 Å². The van der Waals surface area contributed by atoms with E-state index in [9.17, 15) is 9.18 Å². The highest BCUT2D eigenvalue weighted by Crippen LogP contribution is 2.38. The van der Waals surface area contributed by atoms with Crippen LogP contribution in [-0.2, 0) is 6.42 Å². The first-order chi connectivity index (χ1) is 16.5. The van der Waals surface area contributed by atoms with Crippen LogP contribution in [0.5, 0.6) is 23.0 Å². The Kier molecular flexibility index (Phi) is 8.46. The maximum atomic E-state index is 13.9. The van der Waals surface area contributed by atoms with E-state index in [0.29, 0.717) is 23.7 Å². The molecule has 34 heavy (non-hydrogen) atoms. The number of carbonyl (C=O) groups excluding carboxylic acids is 1. The van der Waals surface area contributed by atoms with Gasteiger partial charge in [-0.3, -0.25) is 4.79 Å². The number of ketones is 1. The molecule has 0 saturated heterocycles. The predicted molar refractivity (Wildman–Crippen MR) is 132 cm³/mol. The molecule has 0 fully saturated rings. The molecule has 0 aliphatic carbocycles. The van der Waals surface area contributed by atoms with Gasteiger partial charge >= 0.3 is 0 Å². The van der Waals surface area contributed by atoms with Gasteiger partial charge in [0.1, 0.15) is 0 Å². The summed E-state index contributed by atoms with van der Waals surface area (Å²) in [6, 6.07) is 15.8. The lowest BCUT2D eigenvalue weighted by molar-refractivity contribution is 0.104. The normalized spacial score (nSPS) is 11.1. The number of hydrogen-bond acceptors (Lipinski definition) is 5. The molecule has 0 amide bonds. The van der Waals surface area contributed by atoms with Gasteiger partial charge in [0.2, 0.25) is 5.75 Å². The minimum atomic E-state index is -0.566. The van der Waals surface area contributed by atoms with Crippen LogP contribution in [0, 0.1) is 5.82 Å². The Morgan fingerprint density at radius 2 is 1.50 bits per heavy atom. The Hall–Kier alpha value is -4.06. The van der Waals surface area contributed by atoms with Gasteiger partial charge in [-0.05, 0) is 59.5 Å². The van der Waals surface area contributed by atoms with Gasteiger partial charge in [-0.15, -0.1) is 0 Å². The number of ether oxygens (including phenoxy) is 4. The van der Waals surface area contributed by atoms with Crippen molar-refractivity contribution < 1.29 is 28.1 Å². The number of halogens is 1. The first-order valence-electron chi connectivity index (χ1n) is 10.6. The van der Waals surface area contributed by atoms with Crippen LogP contribution >= 0.6 is 0 Å². The van der Waals surface area contributed by atoms with E-state index in [1.54, 1.807) is 33.5 Å². The second kappa shape index (κ2) is 11.7. The summed E-state index contributed by atoms with van der Waals surface area (Å²) in [7, 11) is 6.10. The number of allylic oxidation sites excluding steroid dienone is 2. The van der Waals surface area contributed by atoms with E-state index in [1.807, 2.05) is 48.6 Å². The van der Waals surface area contributed by atoms with E-state index in [-0.39, 0.29) is 17.1 Å². The fourth-order valence-corrected chi connectivity index (χ4v) is 3.48. The number of hydrogen-bond donors (Lipinski definition) is 0. The molecule has 0 radical (unpaired) electrons. The molecule has 3 aromatic carbocycles. The third-order valence-corrected chi connectivity index (χ3v) is 5.24. The van der Waals surface area contributed by atoms with Gasteiger partial charge in [0.15, 0.2) is 28.8 Å². The first kappa shape index (κ1) is 24.6. The number of carbonyl (C=O) groups is 1. The van der Waals surface area contributed by atoms with Crippen LogP contribution in [-0.4, -0.2) is 34.2 Å². The summed E-state index contributed by atoms with van der Waals surface area (Å²) in [4.78, 5) is 12.4. The second-order valence-electron chi connectivity index (χ2n) is 7.31. The van der Waals surface area contributed by atoms with E-state index in [1.165, 1.54) is 25.3 Å². The number of methoxy groups -OCH3 is 4. The minimum absolute atomic E-state index is 0.105. The van der Waals surface area contributed by atoms with E-state index in [0.717, 1.165) is 16.7 Å². The van der Waals surface area contributed by atoms with Crippen molar-refractivity contribution in [3.8, 4) is 23.0 Å². The minimum Gasteiger partial charge on any atom is -0.494 e. The van der Waals surface area contributed by atoms with Crippen LogP contribution in [0.25, 0.3) is 12.2 Å². The Morgan fingerprint density at radius 1 is 0.824 bits per heavy atom. The molecule has 0 atom stereocenters. The van der Waals surface area contributed by atoms with Gasteiger partial charge in [0.25, 0.3) is 0 Å². The standard InChI is InChI=1S/C28H27FO5/c1-31-25-15-14-22(18-23(25)29)24(30)11-7-10-20-8-5-6-9-21(20)13-12-19-16-26(32-2)28(34-4)27(17-19)33-3/h5-9,11-18H,10H2,1-4H3/b11-7-,13-12-. The second-order valence-corrected chi connectivity index (χ2v) is 7.31. The van der Waals surface area contributed by atoms with Gasteiger partial charge in [-0.2, -0.15) is 0 Å². The molecule has 6 heteroatoms. The molecule has 0 heterocycles. The van der Waals surface area contributed by atoms with Crippen molar-refractivity contribution in [2.75, 3.05) is 28.4 Å². The Morgan fingerprint density at radius 3 is 2.12 bits per heavy atom. The highest BCUT2D eigenvalue weighted by Gasteiger charge is 2.12. The van der Waals surface area contributed by atoms with Crippen molar-refractivity contribution in [2.45, 2.75) is 6.42 Å². The molecule has 5 nitrogen and oxygen atoms in total. The largest absolute Gasteiger partial charge is 0.494 e. The lowest BCUT2D eigenvalue weighted by atomic mass is 10.0. The summed E-state index contributed by atoms with van der Waals surface area (Å²) in [5, 5.41) is 0. The van der Waals surface area contributed by atoms with E-state index in [2.05, 4.69) is 0 Å². The molecule has 3 aromatic rings. The van der Waals surface area contributed by atoms with Gasteiger partial charge < -0.3 is 18.9 Å². The topological polar surface area (TPSA) is 54.0 Å². The van der Waals surface area contributed by atoms with Crippen molar-refractivity contribution in [3.05, 3.63) is 94.8 Å². The molecule has 0 aliphatic rings. The maximum absolute atomic E-state index is 13.9. The zero-order valence-electron chi connectivity index (χ0n) is 19.6. The predicted octanol–water partition coefficient (Wildman–Crippen LogP) is 6.01. The monoisotopic (exact) mass is 462 g/mol. The van der Waals surface area contributed by atoms with Crippen LogP contribution in [0.1, 0.15) is 27.0 Å². The summed E-state index contributed by atoms with van der Waals surface area (Å²) in [6.07, 6.45) is 7.72. The molecule has 0 aliphatic heterocycles. The molecule has 0 spiro atoms. The summed E-state index contributed by atoms with van der Waals surface area (Å²) >= 11 is 0. The third-order valence-electron chi connectivity index (χ3n) is 5.24. The summed E-state index contributed by atoms with van der Waals surface area (Å²) in [5.74, 6) is 0.955. The molecule has 0 unspecified atom stereocenters. The Balaban J connectivity index is 1.77. The van der Waals surface area contributed by atoms with Crippen LogP contribution in [0.15, 0.2) is 66.7 Å². The van der Waals surface area contributed by atoms with Crippen LogP contribution in [0.4, 0.5) is 4.39 Å². The Labute approximate surface area is 199 Å². The molecule has 0 aromatic heterocycles. The van der Waals surface area contributed by atoms with Crippen molar-refractivity contribution in [1.82, 2.24) is 0 Å². The van der Waals surface area contributed by atoms with Crippen molar-refractivity contribution in [1.29, 1.82) is 0 Å². The van der Waals surface area contributed by atoms with E-state index in [4.69, 9.17) is 18.9 Å². The molecule has 3 rings (SSSR count). The molecule has 0 bridgehead atoms. The summed E-state index contributed by atoms with van der Waals surface area (Å²) < 4.78 is 35.0. The molecular weight excluding hydrogens is 435 g/mol. The molecular formula is C28H27FO5. The quantitative estimate of drug-likeness (QED) is 0.210.